The first-order valence-corrected chi connectivity index (χ1v) is 11.0. The van der Waals surface area contributed by atoms with Crippen LogP contribution >= 0.6 is 0 Å². The van der Waals surface area contributed by atoms with Crippen LogP contribution in [-0.2, 0) is 21.2 Å². The molecule has 0 fully saturated rings. The van der Waals surface area contributed by atoms with Gasteiger partial charge < -0.3 is 10.3 Å². The molecular weight excluding hydrogens is 374 g/mol. The molecule has 0 saturated carbocycles. The standard InChI is InChI=1S/C21H25N3O3S/c1-2-3-13-28(26,27)24-20(21(25)23-17-9-5-4-6-10-17)14-16-15-22-19-12-8-7-11-18(16)19/h4-12,15,20,22,24H,2-3,13-14H2,1H3,(H,23,25)/t20-/m0/s1. The maximum atomic E-state index is 12.9. The Bertz CT molecular complexity index is 1030. The molecule has 3 rings (SSSR count). The van der Waals surface area contributed by atoms with Gasteiger partial charge in [0.2, 0.25) is 15.9 Å². The van der Waals surface area contributed by atoms with E-state index in [0.717, 1.165) is 22.9 Å². The zero-order valence-electron chi connectivity index (χ0n) is 15.8. The van der Waals surface area contributed by atoms with Crippen LogP contribution in [0.25, 0.3) is 10.9 Å². The van der Waals surface area contributed by atoms with Gasteiger partial charge in [-0.3, -0.25) is 4.79 Å². The lowest BCUT2D eigenvalue weighted by molar-refractivity contribution is -0.117. The number of anilines is 1. The Kier molecular flexibility index (Phi) is 6.49. The Morgan fingerprint density at radius 1 is 1.07 bits per heavy atom. The van der Waals surface area contributed by atoms with Gasteiger partial charge in [0.15, 0.2) is 0 Å². The molecule has 0 aliphatic heterocycles. The zero-order valence-corrected chi connectivity index (χ0v) is 16.6. The highest BCUT2D eigenvalue weighted by Gasteiger charge is 2.25. The quantitative estimate of drug-likeness (QED) is 0.515. The van der Waals surface area contributed by atoms with Crippen molar-refractivity contribution in [2.75, 3.05) is 11.1 Å². The van der Waals surface area contributed by atoms with Gasteiger partial charge in [0.05, 0.1) is 5.75 Å². The number of nitrogens with one attached hydrogen (secondary N) is 3. The zero-order chi connectivity index (χ0) is 20.0. The van der Waals surface area contributed by atoms with Crippen LogP contribution in [0.5, 0.6) is 0 Å². The van der Waals surface area contributed by atoms with Crippen molar-refractivity contribution < 1.29 is 13.2 Å². The highest BCUT2D eigenvalue weighted by molar-refractivity contribution is 7.89. The molecule has 2 aromatic carbocycles. The Morgan fingerprint density at radius 2 is 1.79 bits per heavy atom. The second kappa shape index (κ2) is 9.03. The van der Waals surface area contributed by atoms with E-state index in [1.165, 1.54) is 0 Å². The normalized spacial score (nSPS) is 12.8. The Morgan fingerprint density at radius 3 is 2.54 bits per heavy atom. The summed E-state index contributed by atoms with van der Waals surface area (Å²) in [4.78, 5) is 16.0. The van der Waals surface area contributed by atoms with Crippen molar-refractivity contribution in [3.05, 3.63) is 66.4 Å². The number of hydrogen-bond donors (Lipinski definition) is 3. The first kappa shape index (κ1) is 20.1. The number of carbonyl (C=O) groups excluding carboxylic acids is 1. The molecule has 1 aromatic heterocycles. The first-order valence-electron chi connectivity index (χ1n) is 9.39. The summed E-state index contributed by atoms with van der Waals surface area (Å²) in [5.74, 6) is -0.372. The minimum absolute atomic E-state index is 0.00645. The number of rotatable bonds is 9. The average Bonchev–Trinajstić information content (AvgIpc) is 3.09. The predicted molar refractivity (Wildman–Crippen MR) is 113 cm³/mol. The lowest BCUT2D eigenvalue weighted by atomic mass is 10.0. The SMILES string of the molecule is CCCCS(=O)(=O)N[C@@H](Cc1c[nH]c2ccccc12)C(=O)Nc1ccccc1. The number of benzene rings is 2. The minimum atomic E-state index is -3.56. The fourth-order valence-electron chi connectivity index (χ4n) is 3.07. The molecule has 28 heavy (non-hydrogen) atoms. The topological polar surface area (TPSA) is 91.1 Å². The third-order valence-corrected chi connectivity index (χ3v) is 6.01. The lowest BCUT2D eigenvalue weighted by Crippen LogP contribution is -2.46. The summed E-state index contributed by atoms with van der Waals surface area (Å²) >= 11 is 0. The van der Waals surface area contributed by atoms with Crippen LogP contribution in [0.15, 0.2) is 60.8 Å². The fraction of sp³-hybridized carbons (Fsp3) is 0.286. The highest BCUT2D eigenvalue weighted by Crippen LogP contribution is 2.20. The molecule has 6 nitrogen and oxygen atoms in total. The number of amides is 1. The molecule has 7 heteroatoms. The van der Waals surface area contributed by atoms with E-state index >= 15 is 0 Å². The van der Waals surface area contributed by atoms with E-state index in [1.807, 2.05) is 55.6 Å². The Labute approximate surface area is 165 Å². The summed E-state index contributed by atoms with van der Waals surface area (Å²) in [6.45, 7) is 1.93. The molecule has 0 saturated heterocycles. The van der Waals surface area contributed by atoms with Crippen LogP contribution < -0.4 is 10.0 Å². The van der Waals surface area contributed by atoms with Crippen LogP contribution in [0.3, 0.4) is 0 Å². The number of aromatic amines is 1. The number of aromatic nitrogens is 1. The number of unbranched alkanes of at least 4 members (excludes halogenated alkanes) is 1. The van der Waals surface area contributed by atoms with E-state index < -0.39 is 16.1 Å². The minimum Gasteiger partial charge on any atom is -0.361 e. The summed E-state index contributed by atoms with van der Waals surface area (Å²) in [7, 11) is -3.56. The van der Waals surface area contributed by atoms with Gasteiger partial charge in [0, 0.05) is 22.8 Å². The van der Waals surface area contributed by atoms with Crippen LogP contribution in [0.4, 0.5) is 5.69 Å². The van der Waals surface area contributed by atoms with Gasteiger partial charge in [-0.15, -0.1) is 0 Å². The predicted octanol–water partition coefficient (Wildman–Crippen LogP) is 3.44. The number of H-pyrrole nitrogens is 1. The number of sulfonamides is 1. The van der Waals surface area contributed by atoms with Gasteiger partial charge in [-0.1, -0.05) is 49.7 Å². The fourth-order valence-corrected chi connectivity index (χ4v) is 4.48. The van der Waals surface area contributed by atoms with Crippen molar-refractivity contribution in [3.63, 3.8) is 0 Å². The molecule has 0 aliphatic rings. The molecular formula is C21H25N3O3S. The van der Waals surface area contributed by atoms with E-state index in [-0.39, 0.29) is 18.1 Å². The van der Waals surface area contributed by atoms with Gasteiger partial charge >= 0.3 is 0 Å². The summed E-state index contributed by atoms with van der Waals surface area (Å²) in [5, 5.41) is 3.78. The molecule has 3 aromatic rings. The Balaban J connectivity index is 1.84. The molecule has 1 atom stereocenters. The number of hydrogen-bond acceptors (Lipinski definition) is 3. The molecule has 1 amide bonds. The molecule has 1 heterocycles. The maximum absolute atomic E-state index is 12.9. The van der Waals surface area contributed by atoms with Gasteiger partial charge in [-0.25, -0.2) is 13.1 Å². The molecule has 0 unspecified atom stereocenters. The second-order valence-electron chi connectivity index (χ2n) is 6.76. The highest BCUT2D eigenvalue weighted by atomic mass is 32.2. The third kappa shape index (κ3) is 5.21. The van der Waals surface area contributed by atoms with E-state index in [4.69, 9.17) is 0 Å². The van der Waals surface area contributed by atoms with Crippen molar-refractivity contribution in [2.24, 2.45) is 0 Å². The first-order chi connectivity index (χ1) is 13.5. The number of para-hydroxylation sites is 2. The van der Waals surface area contributed by atoms with Gasteiger partial charge in [-0.05, 0) is 36.6 Å². The van der Waals surface area contributed by atoms with Crippen LogP contribution in [0.2, 0.25) is 0 Å². The van der Waals surface area contributed by atoms with Crippen LogP contribution in [0.1, 0.15) is 25.3 Å². The van der Waals surface area contributed by atoms with E-state index in [1.54, 1.807) is 12.1 Å². The molecule has 0 bridgehead atoms. The molecule has 0 spiro atoms. The maximum Gasteiger partial charge on any atom is 0.242 e. The number of carbonyl (C=O) groups is 1. The van der Waals surface area contributed by atoms with E-state index in [9.17, 15) is 13.2 Å². The summed E-state index contributed by atoms with van der Waals surface area (Å²) in [6, 6.07) is 15.9. The van der Waals surface area contributed by atoms with Crippen molar-refractivity contribution in [1.82, 2.24) is 9.71 Å². The van der Waals surface area contributed by atoms with Crippen molar-refractivity contribution >= 4 is 32.5 Å². The van der Waals surface area contributed by atoms with Crippen molar-refractivity contribution in [1.29, 1.82) is 0 Å². The second-order valence-corrected chi connectivity index (χ2v) is 8.64. The third-order valence-electron chi connectivity index (χ3n) is 4.55. The molecule has 0 radical (unpaired) electrons. The monoisotopic (exact) mass is 399 g/mol. The number of fused-ring (bicyclic) bond motifs is 1. The van der Waals surface area contributed by atoms with Crippen molar-refractivity contribution in [2.45, 2.75) is 32.2 Å². The van der Waals surface area contributed by atoms with Gasteiger partial charge in [0.1, 0.15) is 6.04 Å². The summed E-state index contributed by atoms with van der Waals surface area (Å²) in [6.07, 6.45) is 3.40. The van der Waals surface area contributed by atoms with Gasteiger partial charge in [0.25, 0.3) is 0 Å². The molecule has 3 N–H and O–H groups in total. The lowest BCUT2D eigenvalue weighted by Gasteiger charge is -2.18. The van der Waals surface area contributed by atoms with Crippen LogP contribution in [0, 0.1) is 0 Å². The largest absolute Gasteiger partial charge is 0.361 e. The molecule has 0 aliphatic carbocycles. The average molecular weight is 400 g/mol. The van der Waals surface area contributed by atoms with E-state index in [2.05, 4.69) is 15.0 Å². The van der Waals surface area contributed by atoms with Crippen molar-refractivity contribution in [3.8, 4) is 0 Å². The smallest absolute Gasteiger partial charge is 0.242 e. The summed E-state index contributed by atoms with van der Waals surface area (Å²) in [5.41, 5.74) is 2.47. The Hall–Kier alpha value is -2.64. The van der Waals surface area contributed by atoms with E-state index in [0.29, 0.717) is 12.1 Å². The van der Waals surface area contributed by atoms with Crippen LogP contribution in [-0.4, -0.2) is 31.1 Å². The molecule has 148 valence electrons. The van der Waals surface area contributed by atoms with Gasteiger partial charge in [-0.2, -0.15) is 0 Å². The summed E-state index contributed by atoms with van der Waals surface area (Å²) < 4.78 is 27.5.